The number of allylic oxidation sites excluding steroid dienone is 1. The van der Waals surface area contributed by atoms with Gasteiger partial charge in [0.25, 0.3) is 5.91 Å². The summed E-state index contributed by atoms with van der Waals surface area (Å²) < 4.78 is 14.4. The summed E-state index contributed by atoms with van der Waals surface area (Å²) in [6.07, 6.45) is 0.994. The van der Waals surface area contributed by atoms with E-state index in [0.717, 1.165) is 40.1 Å². The number of carbonyl (C=O) groups excluding carboxylic acids is 1. The van der Waals surface area contributed by atoms with Crippen LogP contribution in [0.4, 0.5) is 11.6 Å². The van der Waals surface area contributed by atoms with E-state index in [2.05, 4.69) is 33.5 Å². The number of halogens is 2. The van der Waals surface area contributed by atoms with Gasteiger partial charge in [0.05, 0.1) is 17.2 Å². The topological polar surface area (TPSA) is 90.3 Å². The number of methoxy groups -OCH3 is 1. The van der Waals surface area contributed by atoms with Crippen molar-refractivity contribution in [2.75, 3.05) is 23.5 Å². The van der Waals surface area contributed by atoms with Crippen LogP contribution in [0, 0.1) is 13.8 Å². The molecule has 1 unspecified atom stereocenters. The lowest BCUT2D eigenvalue weighted by Crippen LogP contribution is -2.31. The number of aryl methyl sites for hydroxylation is 2. The average Bonchev–Trinajstić information content (AvgIpc) is 3.38. The van der Waals surface area contributed by atoms with E-state index < -0.39 is 6.04 Å². The van der Waals surface area contributed by atoms with Crippen molar-refractivity contribution in [2.24, 2.45) is 0 Å². The summed E-state index contributed by atoms with van der Waals surface area (Å²) in [5, 5.41) is 12.6. The standard InChI is InChI=1S/C32H33BrClN5O3S/c1-6-13-43-32-37-31-35-20(4)27(30(40)36-25-12-7-18(2)14-19(25)3)28(39(31)38-32)22-15-24(33)29(26(16-22)41-5)42-17-21-8-10-23(34)11-9-21/h7-12,14-16,28H,6,13,17H2,1-5H3,(H,36,40)(H,35,37,38). The second kappa shape index (κ2) is 13.4. The molecule has 1 aliphatic rings. The van der Waals surface area contributed by atoms with Crippen LogP contribution < -0.4 is 20.1 Å². The Hall–Kier alpha value is -3.47. The first-order valence-electron chi connectivity index (χ1n) is 13.9. The lowest BCUT2D eigenvalue weighted by Gasteiger charge is -2.29. The molecule has 3 aromatic carbocycles. The maximum atomic E-state index is 14.0. The number of hydrogen-bond donors (Lipinski definition) is 2. The van der Waals surface area contributed by atoms with Gasteiger partial charge >= 0.3 is 0 Å². The summed E-state index contributed by atoms with van der Waals surface area (Å²) in [7, 11) is 1.60. The number of carbonyl (C=O) groups is 1. The third-order valence-corrected chi connectivity index (χ3v) is 8.89. The average molecular weight is 683 g/mol. The van der Waals surface area contributed by atoms with E-state index in [-0.39, 0.29) is 5.91 Å². The first-order chi connectivity index (χ1) is 20.7. The zero-order valence-electron chi connectivity index (χ0n) is 24.6. The van der Waals surface area contributed by atoms with Gasteiger partial charge in [0.1, 0.15) is 12.6 Å². The predicted octanol–water partition coefficient (Wildman–Crippen LogP) is 8.33. The molecular weight excluding hydrogens is 650 g/mol. The van der Waals surface area contributed by atoms with E-state index in [9.17, 15) is 4.79 Å². The summed E-state index contributed by atoms with van der Waals surface area (Å²) in [6, 6.07) is 16.7. The predicted molar refractivity (Wildman–Crippen MR) is 177 cm³/mol. The highest BCUT2D eigenvalue weighted by molar-refractivity contribution is 9.10. The Bertz CT molecular complexity index is 1690. The van der Waals surface area contributed by atoms with Gasteiger partial charge in [-0.25, -0.2) is 4.68 Å². The van der Waals surface area contributed by atoms with Crippen molar-refractivity contribution in [3.05, 3.63) is 97.6 Å². The van der Waals surface area contributed by atoms with Gasteiger partial charge in [0, 0.05) is 22.2 Å². The number of thioether (sulfide) groups is 1. The Morgan fingerprint density at radius 1 is 1.14 bits per heavy atom. The highest BCUT2D eigenvalue weighted by Gasteiger charge is 2.35. The number of benzene rings is 3. The van der Waals surface area contributed by atoms with Crippen LogP contribution in [0.5, 0.6) is 11.5 Å². The van der Waals surface area contributed by atoms with Crippen molar-refractivity contribution >= 4 is 56.8 Å². The molecule has 0 radical (unpaired) electrons. The molecule has 4 aromatic rings. The molecule has 0 aliphatic carbocycles. The van der Waals surface area contributed by atoms with Crippen LogP contribution >= 0.6 is 39.3 Å². The number of amides is 1. The molecular formula is C32H33BrClN5O3S. The van der Waals surface area contributed by atoms with Gasteiger partial charge in [-0.3, -0.25) is 4.79 Å². The van der Waals surface area contributed by atoms with Crippen LogP contribution in [0.15, 0.2) is 75.5 Å². The lowest BCUT2D eigenvalue weighted by molar-refractivity contribution is -0.113. The third kappa shape index (κ3) is 6.87. The molecule has 1 aliphatic heterocycles. The van der Waals surface area contributed by atoms with Gasteiger partial charge in [0.15, 0.2) is 11.5 Å². The van der Waals surface area contributed by atoms with Crippen LogP contribution in [0.1, 0.15) is 48.6 Å². The largest absolute Gasteiger partial charge is 0.493 e. The zero-order chi connectivity index (χ0) is 30.7. The maximum absolute atomic E-state index is 14.0. The zero-order valence-corrected chi connectivity index (χ0v) is 27.8. The number of rotatable bonds is 10. The number of anilines is 2. The summed E-state index contributed by atoms with van der Waals surface area (Å²) in [5.41, 5.74) is 5.83. The number of aromatic nitrogens is 3. The molecule has 1 amide bonds. The smallest absolute Gasteiger partial charge is 0.255 e. The fraction of sp³-hybridized carbons (Fsp3) is 0.281. The molecule has 224 valence electrons. The third-order valence-electron chi connectivity index (χ3n) is 7.01. The maximum Gasteiger partial charge on any atom is 0.255 e. The fourth-order valence-electron chi connectivity index (χ4n) is 4.91. The molecule has 0 saturated heterocycles. The Morgan fingerprint density at radius 2 is 1.91 bits per heavy atom. The van der Waals surface area contributed by atoms with Crippen molar-refractivity contribution in [3.63, 3.8) is 0 Å². The molecule has 43 heavy (non-hydrogen) atoms. The Morgan fingerprint density at radius 3 is 2.60 bits per heavy atom. The first-order valence-corrected chi connectivity index (χ1v) is 16.0. The second-order valence-corrected chi connectivity index (χ2v) is 12.7. The van der Waals surface area contributed by atoms with Crippen molar-refractivity contribution in [1.29, 1.82) is 0 Å². The number of nitrogens with one attached hydrogen (secondary N) is 2. The van der Waals surface area contributed by atoms with Crippen molar-refractivity contribution in [3.8, 4) is 11.5 Å². The van der Waals surface area contributed by atoms with E-state index in [0.29, 0.717) is 50.0 Å². The number of fused-ring (bicyclic) bond motifs is 1. The van der Waals surface area contributed by atoms with E-state index in [4.69, 9.17) is 31.2 Å². The SMILES string of the molecule is CCCSc1nc2n(n1)C(c1cc(Br)c(OCc3ccc(Cl)cc3)c(OC)c1)C(C(=O)Nc1ccc(C)cc1C)=C(C)N2. The Balaban J connectivity index is 1.55. The van der Waals surface area contributed by atoms with Crippen LogP contribution in [0.2, 0.25) is 5.02 Å². The van der Waals surface area contributed by atoms with Crippen LogP contribution in [-0.2, 0) is 11.4 Å². The minimum atomic E-state index is -0.582. The van der Waals surface area contributed by atoms with Crippen molar-refractivity contribution in [2.45, 2.75) is 51.9 Å². The second-order valence-electron chi connectivity index (χ2n) is 10.3. The van der Waals surface area contributed by atoms with Crippen LogP contribution in [-0.4, -0.2) is 33.5 Å². The van der Waals surface area contributed by atoms with Crippen LogP contribution in [0.25, 0.3) is 0 Å². The summed E-state index contributed by atoms with van der Waals surface area (Å²) in [5.74, 6) is 2.30. The monoisotopic (exact) mass is 681 g/mol. The summed E-state index contributed by atoms with van der Waals surface area (Å²) in [6.45, 7) is 8.34. The van der Waals surface area contributed by atoms with Gasteiger partial charge in [-0.1, -0.05) is 60.1 Å². The number of hydrogen-bond acceptors (Lipinski definition) is 7. The molecule has 8 nitrogen and oxygen atoms in total. The minimum absolute atomic E-state index is 0.232. The van der Waals surface area contributed by atoms with Crippen molar-refractivity contribution < 1.29 is 14.3 Å². The number of ether oxygens (including phenoxy) is 2. The quantitative estimate of drug-likeness (QED) is 0.163. The molecule has 2 N–H and O–H groups in total. The molecule has 1 aromatic heterocycles. The Labute approximate surface area is 269 Å². The Kier molecular flexibility index (Phi) is 9.68. The van der Waals surface area contributed by atoms with Gasteiger partial charge in [-0.15, -0.1) is 5.10 Å². The van der Waals surface area contributed by atoms with Crippen molar-refractivity contribution in [1.82, 2.24) is 14.8 Å². The normalized spacial score (nSPS) is 14.3. The summed E-state index contributed by atoms with van der Waals surface area (Å²) in [4.78, 5) is 18.8. The molecule has 1 atom stereocenters. The highest BCUT2D eigenvalue weighted by Crippen LogP contribution is 2.43. The molecule has 5 rings (SSSR count). The molecule has 0 bridgehead atoms. The van der Waals surface area contributed by atoms with Gasteiger partial charge in [-0.05, 0) is 90.1 Å². The molecule has 11 heteroatoms. The minimum Gasteiger partial charge on any atom is -0.493 e. The van der Waals surface area contributed by atoms with E-state index in [1.807, 2.05) is 75.4 Å². The number of nitrogens with zero attached hydrogens (tertiary/aromatic N) is 3. The van der Waals surface area contributed by atoms with E-state index in [1.54, 1.807) is 23.6 Å². The fourth-order valence-corrected chi connectivity index (χ4v) is 6.29. The molecule has 0 spiro atoms. The van der Waals surface area contributed by atoms with E-state index >= 15 is 0 Å². The lowest BCUT2D eigenvalue weighted by atomic mass is 9.94. The molecule has 2 heterocycles. The molecule has 0 fully saturated rings. The van der Waals surface area contributed by atoms with Crippen LogP contribution in [0.3, 0.4) is 0 Å². The van der Waals surface area contributed by atoms with Gasteiger partial charge in [0.2, 0.25) is 11.1 Å². The highest BCUT2D eigenvalue weighted by atomic mass is 79.9. The summed E-state index contributed by atoms with van der Waals surface area (Å²) >= 11 is 11.3. The molecule has 0 saturated carbocycles. The first kappa shape index (κ1) is 31.0. The van der Waals surface area contributed by atoms with Gasteiger partial charge in [-0.2, -0.15) is 4.98 Å². The van der Waals surface area contributed by atoms with Gasteiger partial charge < -0.3 is 20.1 Å². The van der Waals surface area contributed by atoms with E-state index in [1.165, 1.54) is 0 Å².